The summed E-state index contributed by atoms with van der Waals surface area (Å²) >= 11 is 10.8. The summed E-state index contributed by atoms with van der Waals surface area (Å²) in [5.74, 6) is -1.79. The number of ether oxygens (including phenoxy) is 1. The lowest BCUT2D eigenvalue weighted by Crippen LogP contribution is -2.37. The van der Waals surface area contributed by atoms with Gasteiger partial charge in [-0.3, -0.25) is 24.1 Å². The summed E-state index contributed by atoms with van der Waals surface area (Å²) in [6.45, 7) is 3.39. The number of carbonyl (C=O) groups is 4. The van der Waals surface area contributed by atoms with E-state index < -0.39 is 18.5 Å². The van der Waals surface area contributed by atoms with Crippen molar-refractivity contribution in [1.82, 2.24) is 4.90 Å². The molecule has 2 bridgehead atoms. The first kappa shape index (κ1) is 23.9. The molecule has 3 aliphatic rings. The second-order valence-corrected chi connectivity index (χ2v) is 11.6. The Bertz CT molecular complexity index is 945. The largest absolute Gasteiger partial charge is 0.456 e. The first-order valence-corrected chi connectivity index (χ1v) is 13.1. The standard InChI is InChI=1S/C22H23Br3N2O5/c1-9-5-11(6-10(2)18(9)23)26-14(28)8-32-15(29)3-4-27-21(30)16-12-7-13(17(16)22(27)31)20(25)19(12)24/h5-6,12-13,16-17,19-20H,3-4,7-8H2,1-2H3,(H,26,28)/t12-,13-,16-,17-,19+,20+/m1/s1. The van der Waals surface area contributed by atoms with Gasteiger partial charge in [-0.2, -0.15) is 0 Å². The van der Waals surface area contributed by atoms with E-state index in [0.717, 1.165) is 22.0 Å². The highest BCUT2D eigenvalue weighted by Crippen LogP contribution is 2.60. The van der Waals surface area contributed by atoms with Gasteiger partial charge in [0.15, 0.2) is 6.61 Å². The molecular formula is C22H23Br3N2O5. The zero-order valence-electron chi connectivity index (χ0n) is 17.6. The molecule has 2 aliphatic carbocycles. The number of rotatable bonds is 6. The van der Waals surface area contributed by atoms with Gasteiger partial charge in [0, 0.05) is 26.4 Å². The number of fused-ring (bicyclic) bond motifs is 5. The van der Waals surface area contributed by atoms with Crippen LogP contribution in [-0.2, 0) is 23.9 Å². The van der Waals surface area contributed by atoms with Gasteiger partial charge in [-0.05, 0) is 55.4 Å². The number of esters is 1. The number of imide groups is 1. The van der Waals surface area contributed by atoms with E-state index >= 15 is 0 Å². The average molecular weight is 635 g/mol. The summed E-state index contributed by atoms with van der Waals surface area (Å²) in [6.07, 6.45) is 0.729. The minimum atomic E-state index is -0.624. The van der Waals surface area contributed by atoms with E-state index in [9.17, 15) is 19.2 Å². The zero-order valence-corrected chi connectivity index (χ0v) is 22.3. The summed E-state index contributed by atoms with van der Waals surface area (Å²) in [7, 11) is 0. The highest BCUT2D eigenvalue weighted by molar-refractivity contribution is 9.12. The van der Waals surface area contributed by atoms with Crippen LogP contribution in [-0.4, -0.2) is 51.4 Å². The molecule has 0 radical (unpaired) electrons. The summed E-state index contributed by atoms with van der Waals surface area (Å²) < 4.78 is 6.02. The van der Waals surface area contributed by atoms with Crippen molar-refractivity contribution in [1.29, 1.82) is 0 Å². The van der Waals surface area contributed by atoms with Crippen LogP contribution in [0.4, 0.5) is 5.69 Å². The average Bonchev–Trinajstić information content (AvgIpc) is 3.34. The topological polar surface area (TPSA) is 92.8 Å². The van der Waals surface area contributed by atoms with Gasteiger partial charge >= 0.3 is 5.97 Å². The van der Waals surface area contributed by atoms with Crippen molar-refractivity contribution in [2.45, 2.75) is 36.3 Å². The molecule has 3 fully saturated rings. The second kappa shape index (κ2) is 9.18. The first-order chi connectivity index (χ1) is 15.1. The van der Waals surface area contributed by atoms with E-state index in [1.54, 1.807) is 0 Å². The maximum Gasteiger partial charge on any atom is 0.308 e. The third-order valence-electron chi connectivity index (χ3n) is 6.70. The number of anilines is 1. The lowest BCUT2D eigenvalue weighted by Gasteiger charge is -2.28. The van der Waals surface area contributed by atoms with E-state index in [0.29, 0.717) is 5.69 Å². The lowest BCUT2D eigenvalue weighted by atomic mass is 9.81. The molecule has 1 heterocycles. The molecule has 1 aromatic rings. The van der Waals surface area contributed by atoms with E-state index in [1.165, 1.54) is 4.90 Å². The van der Waals surface area contributed by atoms with Gasteiger partial charge in [0.2, 0.25) is 11.8 Å². The van der Waals surface area contributed by atoms with Crippen molar-refractivity contribution in [3.8, 4) is 0 Å². The van der Waals surface area contributed by atoms with Crippen molar-refractivity contribution in [3.05, 3.63) is 27.7 Å². The fraction of sp³-hybridized carbons (Fsp3) is 0.545. The molecule has 1 saturated heterocycles. The third-order valence-corrected chi connectivity index (χ3v) is 11.2. The van der Waals surface area contributed by atoms with Gasteiger partial charge in [0.05, 0.1) is 18.3 Å². The quantitative estimate of drug-likeness (QED) is 0.293. The predicted octanol–water partition coefficient (Wildman–Crippen LogP) is 3.72. The molecule has 0 spiro atoms. The number of aryl methyl sites for hydroxylation is 2. The fourth-order valence-corrected chi connectivity index (χ4v) is 7.37. The SMILES string of the molecule is Cc1cc(NC(=O)COC(=O)CCN2C(=O)[C@@H]3[C@H]4C[C@@H]([C@H](Br)[C@H]4Br)[C@H]3C2=O)cc(C)c1Br. The summed E-state index contributed by atoms with van der Waals surface area (Å²) in [5, 5.41) is 2.70. The van der Waals surface area contributed by atoms with Gasteiger partial charge in [-0.25, -0.2) is 0 Å². The fourth-order valence-electron chi connectivity index (χ4n) is 5.27. The first-order valence-electron chi connectivity index (χ1n) is 10.5. The maximum absolute atomic E-state index is 12.8. The Hall–Kier alpha value is -1.26. The molecule has 1 N–H and O–H groups in total. The minimum absolute atomic E-state index is 0.0183. The number of halogens is 3. The molecule has 32 heavy (non-hydrogen) atoms. The van der Waals surface area contributed by atoms with Crippen LogP contribution in [0, 0.1) is 37.5 Å². The monoisotopic (exact) mass is 632 g/mol. The Kier molecular flexibility index (Phi) is 6.85. The number of alkyl halides is 2. The number of benzene rings is 1. The van der Waals surface area contributed by atoms with Crippen molar-refractivity contribution >= 4 is 77.2 Å². The van der Waals surface area contributed by atoms with Gasteiger partial charge in [0.25, 0.3) is 5.91 Å². The summed E-state index contributed by atoms with van der Waals surface area (Å²) in [4.78, 5) is 51.5. The van der Waals surface area contributed by atoms with Gasteiger partial charge in [-0.15, -0.1) is 0 Å². The zero-order chi connectivity index (χ0) is 23.3. The summed E-state index contributed by atoms with van der Waals surface area (Å²) in [6, 6.07) is 3.64. The van der Waals surface area contributed by atoms with E-state index in [1.807, 2.05) is 26.0 Å². The van der Waals surface area contributed by atoms with E-state index in [-0.39, 0.29) is 58.1 Å². The predicted molar refractivity (Wildman–Crippen MR) is 129 cm³/mol. The number of amides is 3. The third kappa shape index (κ3) is 4.18. The van der Waals surface area contributed by atoms with Crippen molar-refractivity contribution in [2.24, 2.45) is 23.7 Å². The molecule has 1 aliphatic heterocycles. The van der Waals surface area contributed by atoms with Crippen molar-refractivity contribution < 1.29 is 23.9 Å². The minimum Gasteiger partial charge on any atom is -0.456 e. The number of nitrogens with one attached hydrogen (secondary N) is 1. The number of likely N-dealkylation sites (tertiary alicyclic amines) is 1. The normalized spacial score (nSPS) is 30.6. The van der Waals surface area contributed by atoms with Crippen LogP contribution in [0.3, 0.4) is 0 Å². The maximum atomic E-state index is 12.8. The number of hydrogen-bond acceptors (Lipinski definition) is 5. The highest BCUT2D eigenvalue weighted by Gasteiger charge is 2.66. The van der Waals surface area contributed by atoms with Gasteiger partial charge < -0.3 is 10.1 Å². The lowest BCUT2D eigenvalue weighted by molar-refractivity contribution is -0.149. The molecule has 4 rings (SSSR count). The molecule has 6 atom stereocenters. The van der Waals surface area contributed by atoms with E-state index in [2.05, 4.69) is 53.1 Å². The van der Waals surface area contributed by atoms with Crippen LogP contribution in [0.2, 0.25) is 0 Å². The Morgan fingerprint density at radius 1 is 1.06 bits per heavy atom. The molecule has 2 saturated carbocycles. The van der Waals surface area contributed by atoms with Gasteiger partial charge in [0.1, 0.15) is 0 Å². The Morgan fingerprint density at radius 3 is 2.12 bits per heavy atom. The number of hydrogen-bond donors (Lipinski definition) is 1. The molecule has 3 amide bonds. The molecule has 10 heteroatoms. The molecular weight excluding hydrogens is 612 g/mol. The molecule has 7 nitrogen and oxygen atoms in total. The van der Waals surface area contributed by atoms with Crippen LogP contribution in [0.15, 0.2) is 16.6 Å². The van der Waals surface area contributed by atoms with Crippen LogP contribution in [0.5, 0.6) is 0 Å². The van der Waals surface area contributed by atoms with Gasteiger partial charge in [-0.1, -0.05) is 47.8 Å². The van der Waals surface area contributed by atoms with E-state index in [4.69, 9.17) is 4.74 Å². The highest BCUT2D eigenvalue weighted by atomic mass is 79.9. The summed E-state index contributed by atoms with van der Waals surface area (Å²) in [5.41, 5.74) is 2.58. The van der Waals surface area contributed by atoms with Crippen LogP contribution < -0.4 is 5.32 Å². The Morgan fingerprint density at radius 2 is 1.59 bits per heavy atom. The number of carbonyl (C=O) groups excluding carboxylic acids is 4. The Labute approximate surface area is 211 Å². The van der Waals surface area contributed by atoms with Crippen LogP contribution in [0.1, 0.15) is 24.0 Å². The molecule has 172 valence electrons. The van der Waals surface area contributed by atoms with Crippen LogP contribution >= 0.6 is 47.8 Å². The molecule has 1 aromatic carbocycles. The molecule has 0 unspecified atom stereocenters. The number of nitrogens with zero attached hydrogens (tertiary/aromatic N) is 1. The van der Waals surface area contributed by atoms with Crippen molar-refractivity contribution in [2.75, 3.05) is 18.5 Å². The smallest absolute Gasteiger partial charge is 0.308 e. The van der Waals surface area contributed by atoms with Crippen LogP contribution in [0.25, 0.3) is 0 Å². The van der Waals surface area contributed by atoms with Crippen molar-refractivity contribution in [3.63, 3.8) is 0 Å². The Balaban J connectivity index is 1.26. The molecule has 0 aromatic heterocycles. The second-order valence-electron chi connectivity index (χ2n) is 8.71.